The SMILES string of the molecule is C.C=CC(=O)OC.C=COC.[2H]C1(/C=C/OC)CC([2H])([2H])C([2H])([2H])C1.[2H]C1(C=O)CC([2H])([2H])C([2H])([2H])C1.[2H]C1([2H])CC(=O)CC1([2H])[2H]. The molecule has 0 aromatic heterocycles. The smallest absolute Gasteiger partial charge is 0.329 e. The van der Waals surface area contributed by atoms with Crippen LogP contribution in [0, 0.1) is 11.8 Å². The van der Waals surface area contributed by atoms with E-state index in [4.69, 9.17) is 19.2 Å². The van der Waals surface area contributed by atoms with Crippen LogP contribution in [0.15, 0.2) is 37.8 Å². The lowest BCUT2D eigenvalue weighted by Gasteiger charge is -1.97. The number of allylic oxidation sites excluding steroid dienone is 1. The fraction of sp³-hybridized carbons (Fsp3) is 0.667. The fourth-order valence-corrected chi connectivity index (χ4v) is 1.66. The minimum Gasteiger partial charge on any atom is -0.505 e. The van der Waals surface area contributed by atoms with Crippen molar-refractivity contribution in [2.24, 2.45) is 11.8 Å². The van der Waals surface area contributed by atoms with Crippen molar-refractivity contribution in [1.82, 2.24) is 0 Å². The van der Waals surface area contributed by atoms with Crippen molar-refractivity contribution in [3.8, 4) is 0 Å². The molecule has 0 amide bonds. The third kappa shape index (κ3) is 25.8. The number of hydrogen-bond donors (Lipinski definition) is 0. The maximum Gasteiger partial charge on any atom is 0.329 e. The largest absolute Gasteiger partial charge is 0.505 e. The molecule has 0 N–H and O–H groups in total. The Balaban J connectivity index is -0.000000541. The first-order valence-electron chi connectivity index (χ1n) is 16.6. The molecular formula is C27H48O6. The van der Waals surface area contributed by atoms with E-state index in [1.165, 1.54) is 32.8 Å². The van der Waals surface area contributed by atoms with Crippen molar-refractivity contribution in [2.45, 2.75) is 84.2 Å². The quantitative estimate of drug-likeness (QED) is 0.190. The summed E-state index contributed by atoms with van der Waals surface area (Å²) in [6, 6.07) is 0. The van der Waals surface area contributed by atoms with Crippen LogP contribution in [0.1, 0.15) is 103 Å². The highest BCUT2D eigenvalue weighted by Gasteiger charge is 2.12. The molecule has 0 bridgehead atoms. The zero-order valence-electron chi connectivity index (χ0n) is 33.0. The van der Waals surface area contributed by atoms with Gasteiger partial charge in [-0.05, 0) is 50.4 Å². The Morgan fingerprint density at radius 2 is 1.39 bits per heavy atom. The van der Waals surface area contributed by atoms with Gasteiger partial charge in [-0.1, -0.05) is 46.1 Å². The van der Waals surface area contributed by atoms with Gasteiger partial charge in [-0.2, -0.15) is 0 Å². The Kier molecular flexibility index (Phi) is 13.0. The van der Waals surface area contributed by atoms with E-state index >= 15 is 0 Å². The number of ketones is 1. The third-order valence-electron chi connectivity index (χ3n) is 3.35. The van der Waals surface area contributed by atoms with Crippen molar-refractivity contribution < 1.29 is 47.8 Å². The van der Waals surface area contributed by atoms with Gasteiger partial charge in [0, 0.05) is 44.0 Å². The summed E-state index contributed by atoms with van der Waals surface area (Å²) < 4.78 is 116. The van der Waals surface area contributed by atoms with E-state index in [0.29, 0.717) is 6.29 Å². The van der Waals surface area contributed by atoms with Crippen LogP contribution in [-0.2, 0) is 28.6 Å². The molecule has 0 aromatic carbocycles. The molecule has 33 heavy (non-hydrogen) atoms. The van der Waals surface area contributed by atoms with E-state index in [0.717, 1.165) is 6.08 Å². The van der Waals surface area contributed by atoms with Gasteiger partial charge in [-0.15, -0.1) is 0 Å². The van der Waals surface area contributed by atoms with Crippen molar-refractivity contribution >= 4 is 18.0 Å². The van der Waals surface area contributed by atoms with Crippen LogP contribution in [0.4, 0.5) is 0 Å². The molecule has 0 unspecified atom stereocenters. The standard InChI is InChI=1S/C8H14O.C6H10O.C5H8O.C4H6O2.C3H6O.CH4/c1-9-7-6-8-4-2-3-5-8;7-5-6-3-1-2-4-6;6-5-3-1-2-4-5;1-3-4(5)6-2;1-3-4-2;/h6-8H,2-5H2,1H3;5-6H,1-4H2;1-4H2;3H,1H2,2H3;3H,1H2,2H3;1H4/b7-6+;;;;;/i2D2,3D2,8D;1D2,2D2,6D;1D2,2D2;;;. The van der Waals surface area contributed by atoms with Gasteiger partial charge < -0.3 is 19.0 Å². The second-order valence-electron chi connectivity index (χ2n) is 5.76. The fourth-order valence-electron chi connectivity index (χ4n) is 1.66. The normalized spacial score (nSPS) is 34.0. The average Bonchev–Trinajstić information content (AvgIpc) is 3.29. The lowest BCUT2D eigenvalue weighted by atomic mass is 10.1. The highest BCUT2D eigenvalue weighted by atomic mass is 16.5. The van der Waals surface area contributed by atoms with E-state index in [2.05, 4.69) is 27.4 Å². The summed E-state index contributed by atoms with van der Waals surface area (Å²) in [6.45, 7) is 6.41. The number of hydrogen-bond acceptors (Lipinski definition) is 6. The minimum absolute atomic E-state index is 0. The lowest BCUT2D eigenvalue weighted by molar-refractivity contribution is -0.134. The summed E-state index contributed by atoms with van der Waals surface area (Å²) >= 11 is 0. The summed E-state index contributed by atoms with van der Waals surface area (Å²) in [5.74, 6) is -3.49. The number of carbonyl (C=O) groups is 3. The lowest BCUT2D eigenvalue weighted by Crippen LogP contribution is -1.91. The van der Waals surface area contributed by atoms with E-state index in [1.807, 2.05) is 0 Å². The summed E-state index contributed by atoms with van der Waals surface area (Å²) in [4.78, 5) is 30.8. The van der Waals surface area contributed by atoms with Crippen molar-refractivity contribution in [3.63, 3.8) is 0 Å². The second kappa shape index (κ2) is 27.7. The predicted octanol–water partition coefficient (Wildman–Crippen LogP) is 6.60. The number of Topliss-reactive ketones (excluding diaryl/α,β-unsaturated/α-hetero) is 1. The molecule has 0 spiro atoms. The number of carbonyl (C=O) groups excluding carboxylic acids is 3. The zero-order valence-corrected chi connectivity index (χ0v) is 19.0. The molecule has 0 aliphatic heterocycles. The van der Waals surface area contributed by atoms with Crippen LogP contribution in [0.3, 0.4) is 0 Å². The highest BCUT2D eigenvalue weighted by molar-refractivity contribution is 5.81. The van der Waals surface area contributed by atoms with Gasteiger partial charge in [-0.25, -0.2) is 4.79 Å². The van der Waals surface area contributed by atoms with Gasteiger partial charge in [-0.3, -0.25) is 4.79 Å². The van der Waals surface area contributed by atoms with Crippen molar-refractivity contribution in [3.05, 3.63) is 37.8 Å². The monoisotopic (exact) mass is 482 g/mol. The van der Waals surface area contributed by atoms with Gasteiger partial charge >= 0.3 is 5.97 Å². The first kappa shape index (κ1) is 15.5. The number of esters is 1. The minimum atomic E-state index is -2.06. The molecule has 6 nitrogen and oxygen atoms in total. The summed E-state index contributed by atoms with van der Waals surface area (Å²) in [5.41, 5.74) is 0. The average molecular weight is 483 g/mol. The summed E-state index contributed by atoms with van der Waals surface area (Å²) in [6.07, 6.45) is -7.89. The van der Waals surface area contributed by atoms with E-state index in [9.17, 15) is 14.4 Å². The number of methoxy groups -OCH3 is 3. The molecule has 0 radical (unpaired) electrons. The van der Waals surface area contributed by atoms with Gasteiger partial charge in [0.25, 0.3) is 0 Å². The highest BCUT2D eigenvalue weighted by Crippen LogP contribution is 2.25. The van der Waals surface area contributed by atoms with E-state index in [1.54, 1.807) is 7.11 Å². The Labute approximate surface area is 222 Å². The zero-order chi connectivity index (χ0) is 37.1. The Morgan fingerprint density at radius 1 is 0.939 bits per heavy atom. The number of ether oxygens (including phenoxy) is 3. The molecule has 0 heterocycles. The number of aldehydes is 1. The Hall–Kier alpha value is -2.37. The molecule has 6 heteroatoms. The van der Waals surface area contributed by atoms with Crippen LogP contribution in [-0.4, -0.2) is 39.4 Å². The maximum atomic E-state index is 10.6. The maximum absolute atomic E-state index is 10.6. The van der Waals surface area contributed by atoms with Crippen molar-refractivity contribution in [1.29, 1.82) is 0 Å². The molecule has 3 aliphatic rings. The van der Waals surface area contributed by atoms with Crippen LogP contribution in [0.25, 0.3) is 0 Å². The molecule has 192 valence electrons. The van der Waals surface area contributed by atoms with Gasteiger partial charge in [0.05, 0.1) is 33.9 Å². The van der Waals surface area contributed by atoms with Crippen molar-refractivity contribution in [2.75, 3.05) is 21.3 Å². The molecule has 3 saturated carbocycles. The number of rotatable bonds is 5. The topological polar surface area (TPSA) is 78.9 Å². The molecule has 0 atom stereocenters. The van der Waals surface area contributed by atoms with Crippen LogP contribution in [0.5, 0.6) is 0 Å². The molecular weight excluding hydrogens is 420 g/mol. The van der Waals surface area contributed by atoms with Crippen LogP contribution < -0.4 is 0 Å². The molecule has 0 aromatic rings. The first-order valence-corrected chi connectivity index (χ1v) is 9.55. The molecule has 3 fully saturated rings. The van der Waals surface area contributed by atoms with E-state index in [-0.39, 0.29) is 51.7 Å². The van der Waals surface area contributed by atoms with Gasteiger partial charge in [0.15, 0.2) is 0 Å². The molecule has 3 rings (SSSR count). The van der Waals surface area contributed by atoms with E-state index < -0.39 is 56.0 Å². The Bertz CT molecular complexity index is 1030. The predicted molar refractivity (Wildman–Crippen MR) is 136 cm³/mol. The molecule has 3 aliphatic carbocycles. The first-order chi connectivity index (χ1) is 20.5. The summed E-state index contributed by atoms with van der Waals surface area (Å²) in [7, 11) is 4.31. The van der Waals surface area contributed by atoms with Gasteiger partial charge in [0.1, 0.15) is 12.1 Å². The van der Waals surface area contributed by atoms with Crippen LogP contribution >= 0.6 is 0 Å². The van der Waals surface area contributed by atoms with Crippen LogP contribution in [0.2, 0.25) is 0 Å². The Morgan fingerprint density at radius 3 is 1.61 bits per heavy atom. The summed E-state index contributed by atoms with van der Waals surface area (Å²) in [5, 5.41) is 0. The van der Waals surface area contributed by atoms with Gasteiger partial charge in [0.2, 0.25) is 0 Å². The molecule has 0 saturated heterocycles. The second-order valence-corrected chi connectivity index (χ2v) is 5.76. The third-order valence-corrected chi connectivity index (χ3v) is 3.35.